The lowest BCUT2D eigenvalue weighted by Gasteiger charge is -2.02. The van der Waals surface area contributed by atoms with Crippen molar-refractivity contribution in [3.8, 4) is 0 Å². The monoisotopic (exact) mass is 813 g/mol. The SMILES string of the molecule is BrCc1ccccc1.CC.CC.CC(=O)N(C)C.CC(=O)O.CC(C)=O.CC(C)=O.CCC.Cc1ccccc1.Cc1ccccc1.Cc1ccccc1. The molecule has 0 saturated heterocycles. The van der Waals surface area contributed by atoms with Crippen LogP contribution in [0.3, 0.4) is 0 Å². The van der Waals surface area contributed by atoms with Gasteiger partial charge in [-0.1, -0.05) is 202 Å². The van der Waals surface area contributed by atoms with E-state index in [1.807, 2.05) is 100 Å². The number of nitrogens with zero attached hydrogens (tertiary/aromatic N) is 1. The van der Waals surface area contributed by atoms with Gasteiger partial charge in [-0.05, 0) is 54.0 Å². The summed E-state index contributed by atoms with van der Waals surface area (Å²) < 4.78 is 0. The van der Waals surface area contributed by atoms with E-state index in [1.54, 1.807) is 14.1 Å². The van der Waals surface area contributed by atoms with Crippen LogP contribution in [0.4, 0.5) is 0 Å². The predicted octanol–water partition coefficient (Wildman–Crippen LogP) is 13.4. The molecule has 7 heteroatoms. The molecular weight excluding hydrogens is 738 g/mol. The number of aryl methyl sites for hydroxylation is 3. The number of alkyl halides is 1. The smallest absolute Gasteiger partial charge is 0.300 e. The Balaban J connectivity index is -0.0000000924. The molecule has 1 N–H and O–H groups in total. The minimum Gasteiger partial charge on any atom is -0.481 e. The second kappa shape index (κ2) is 55.4. The maximum Gasteiger partial charge on any atom is 0.300 e. The van der Waals surface area contributed by atoms with Crippen molar-refractivity contribution in [2.24, 2.45) is 0 Å². The van der Waals surface area contributed by atoms with E-state index in [4.69, 9.17) is 9.90 Å². The van der Waals surface area contributed by atoms with Gasteiger partial charge < -0.3 is 19.6 Å². The van der Waals surface area contributed by atoms with Crippen LogP contribution >= 0.6 is 15.9 Å². The summed E-state index contributed by atoms with van der Waals surface area (Å²) in [6.07, 6.45) is 1.25. The molecule has 4 aromatic rings. The van der Waals surface area contributed by atoms with Gasteiger partial charge in [0, 0.05) is 33.3 Å². The molecule has 0 aromatic heterocycles. The molecule has 4 rings (SSSR count). The summed E-state index contributed by atoms with van der Waals surface area (Å²) >= 11 is 3.36. The van der Waals surface area contributed by atoms with Gasteiger partial charge in [-0.15, -0.1) is 0 Å². The molecule has 0 heterocycles. The summed E-state index contributed by atoms with van der Waals surface area (Å²) in [5, 5.41) is 8.37. The van der Waals surface area contributed by atoms with E-state index in [9.17, 15) is 14.4 Å². The third-order valence-corrected chi connectivity index (χ3v) is 5.10. The highest BCUT2D eigenvalue weighted by Gasteiger charge is 1.87. The van der Waals surface area contributed by atoms with E-state index in [2.05, 4.69) is 99.1 Å². The molecule has 0 unspecified atom stereocenters. The Labute approximate surface area is 340 Å². The molecule has 0 aliphatic rings. The number of aliphatic carboxylic acids is 1. The molecule has 54 heavy (non-hydrogen) atoms. The van der Waals surface area contributed by atoms with E-state index >= 15 is 0 Å². The van der Waals surface area contributed by atoms with Gasteiger partial charge in [0.25, 0.3) is 5.97 Å². The fraction of sp³-hybridized carbons (Fsp3) is 0.404. The van der Waals surface area contributed by atoms with Crippen molar-refractivity contribution < 1.29 is 24.3 Å². The van der Waals surface area contributed by atoms with Crippen LogP contribution in [-0.2, 0) is 24.5 Å². The number of halogens is 1. The molecule has 1 amide bonds. The van der Waals surface area contributed by atoms with Crippen molar-refractivity contribution in [3.05, 3.63) is 144 Å². The molecule has 6 nitrogen and oxygen atoms in total. The number of ketones is 2. The van der Waals surface area contributed by atoms with E-state index < -0.39 is 5.97 Å². The average molecular weight is 815 g/mol. The molecule has 0 aliphatic heterocycles. The summed E-state index contributed by atoms with van der Waals surface area (Å²) in [5.41, 5.74) is 5.29. The first kappa shape index (κ1) is 64.6. The fourth-order valence-electron chi connectivity index (χ4n) is 2.17. The third kappa shape index (κ3) is 91.6. The predicted molar refractivity (Wildman–Crippen MR) is 242 cm³/mol. The Hall–Kier alpha value is -4.36. The highest BCUT2D eigenvalue weighted by Crippen LogP contribution is 2.02. The number of carbonyl (C=O) groups excluding carboxylic acids is 3. The van der Waals surface area contributed by atoms with Crippen LogP contribution in [0.1, 0.15) is 112 Å². The van der Waals surface area contributed by atoms with E-state index in [0.717, 1.165) is 12.3 Å². The highest BCUT2D eigenvalue weighted by atomic mass is 79.9. The lowest BCUT2D eigenvalue weighted by atomic mass is 10.2. The van der Waals surface area contributed by atoms with Crippen molar-refractivity contribution in [2.45, 2.75) is 116 Å². The number of carboxylic acids is 1. The lowest BCUT2D eigenvalue weighted by Crippen LogP contribution is -2.17. The minimum atomic E-state index is -0.833. The number of carbonyl (C=O) groups is 4. The fourth-order valence-corrected chi connectivity index (χ4v) is 2.54. The zero-order valence-electron chi connectivity index (χ0n) is 36.9. The van der Waals surface area contributed by atoms with Gasteiger partial charge >= 0.3 is 0 Å². The molecule has 0 bridgehead atoms. The first-order valence-electron chi connectivity index (χ1n) is 18.3. The van der Waals surface area contributed by atoms with Crippen LogP contribution in [0, 0.1) is 20.8 Å². The van der Waals surface area contributed by atoms with Crippen LogP contribution in [0.25, 0.3) is 0 Å². The van der Waals surface area contributed by atoms with Crippen molar-refractivity contribution in [3.63, 3.8) is 0 Å². The number of amides is 1. The normalized spacial score (nSPS) is 7.59. The summed E-state index contributed by atoms with van der Waals surface area (Å²) in [6.45, 7) is 27.2. The second-order valence-electron chi connectivity index (χ2n) is 11.0. The number of hydrogen-bond donors (Lipinski definition) is 1. The summed E-state index contributed by atoms with van der Waals surface area (Å²) in [7, 11) is 3.45. The first-order valence-corrected chi connectivity index (χ1v) is 19.5. The second-order valence-corrected chi connectivity index (χ2v) is 11.6. The maximum atomic E-state index is 10.1. The topological polar surface area (TPSA) is 91.8 Å². The number of Topliss-reactive ketones (excluding diaryl/α,β-unsaturated/α-hetero) is 2. The minimum absolute atomic E-state index is 0.0926. The number of hydrogen-bond acceptors (Lipinski definition) is 4. The van der Waals surface area contributed by atoms with Crippen LogP contribution in [0.2, 0.25) is 0 Å². The Morgan fingerprint density at radius 2 is 0.648 bits per heavy atom. The molecular formula is C47H76BrNO5. The summed E-state index contributed by atoms with van der Waals surface area (Å²) in [4.78, 5) is 39.5. The summed E-state index contributed by atoms with van der Waals surface area (Å²) in [5.74, 6) is -0.407. The first-order chi connectivity index (χ1) is 25.4. The summed E-state index contributed by atoms with van der Waals surface area (Å²) in [6, 6.07) is 41.1. The van der Waals surface area contributed by atoms with Gasteiger partial charge in [0.1, 0.15) is 11.6 Å². The molecule has 4 aromatic carbocycles. The van der Waals surface area contributed by atoms with Gasteiger partial charge in [-0.3, -0.25) is 9.59 Å². The molecule has 0 radical (unpaired) electrons. The zero-order valence-corrected chi connectivity index (χ0v) is 38.5. The van der Waals surface area contributed by atoms with E-state index in [1.165, 1.54) is 68.2 Å². The molecule has 0 atom stereocenters. The number of carboxylic acid groups (broad SMARTS) is 1. The van der Waals surface area contributed by atoms with Gasteiger partial charge in [0.2, 0.25) is 5.91 Å². The average Bonchev–Trinajstić information content (AvgIpc) is 3.12. The highest BCUT2D eigenvalue weighted by molar-refractivity contribution is 9.08. The molecule has 0 aliphatic carbocycles. The van der Waals surface area contributed by atoms with Gasteiger partial charge in [-0.2, -0.15) is 0 Å². The van der Waals surface area contributed by atoms with Crippen LogP contribution in [-0.4, -0.2) is 47.5 Å². The van der Waals surface area contributed by atoms with Crippen molar-refractivity contribution >= 4 is 39.4 Å². The largest absolute Gasteiger partial charge is 0.481 e. The van der Waals surface area contributed by atoms with Gasteiger partial charge in [0.05, 0.1) is 0 Å². The molecule has 0 fully saturated rings. The molecule has 306 valence electrons. The van der Waals surface area contributed by atoms with E-state index in [0.29, 0.717) is 0 Å². The third-order valence-electron chi connectivity index (χ3n) is 4.45. The molecule has 0 spiro atoms. The zero-order chi connectivity index (χ0) is 43.8. The Kier molecular flexibility index (Phi) is 66.3. The number of benzene rings is 4. The maximum absolute atomic E-state index is 10.1. The Morgan fingerprint density at radius 1 is 0.500 bits per heavy atom. The number of rotatable bonds is 1. The lowest BCUT2D eigenvalue weighted by molar-refractivity contribution is -0.134. The van der Waals surface area contributed by atoms with E-state index in [-0.39, 0.29) is 17.5 Å². The van der Waals surface area contributed by atoms with Gasteiger partial charge in [-0.25, -0.2) is 0 Å². The van der Waals surface area contributed by atoms with Crippen molar-refractivity contribution in [1.29, 1.82) is 0 Å². The van der Waals surface area contributed by atoms with Crippen LogP contribution < -0.4 is 0 Å². The van der Waals surface area contributed by atoms with Gasteiger partial charge in [0.15, 0.2) is 0 Å². The Bertz CT molecular complexity index is 1170. The van der Waals surface area contributed by atoms with Crippen LogP contribution in [0.5, 0.6) is 0 Å². The van der Waals surface area contributed by atoms with Crippen LogP contribution in [0.15, 0.2) is 121 Å². The quantitative estimate of drug-likeness (QED) is 0.193. The van der Waals surface area contributed by atoms with Crippen molar-refractivity contribution in [2.75, 3.05) is 14.1 Å². The molecule has 0 saturated carbocycles. The van der Waals surface area contributed by atoms with Crippen molar-refractivity contribution in [1.82, 2.24) is 4.90 Å². The standard InChI is InChI=1S/C7H7Br.3C7H8.C4H9NO.2C3H6O.C3H8.C2H4O2.2C2H6/c8-6-7-4-2-1-3-5-7;3*1-7-5-3-2-4-6-7;1-4(6)5(2)3;2*1-3(2)4;1-3-2;1-2(3)4;2*1-2/h1-5H,6H2;3*2-6H,1H3;1-3H3;2*1-2H3;3H2,1-2H3;1H3,(H,3,4);2*1-2H3. The Morgan fingerprint density at radius 3 is 0.722 bits per heavy atom.